The Morgan fingerprint density at radius 1 is 1.18 bits per heavy atom. The van der Waals surface area contributed by atoms with E-state index in [0.717, 1.165) is 17.9 Å². The van der Waals surface area contributed by atoms with Crippen LogP contribution in [-0.4, -0.2) is 39.1 Å². The molecule has 0 radical (unpaired) electrons. The molecule has 2 aromatic carbocycles. The normalized spacial score (nSPS) is 16.0. The van der Waals surface area contributed by atoms with Crippen molar-refractivity contribution in [2.24, 2.45) is 0 Å². The maximum atomic E-state index is 13.6. The van der Waals surface area contributed by atoms with E-state index in [2.05, 4.69) is 0 Å². The van der Waals surface area contributed by atoms with E-state index in [4.69, 9.17) is 4.74 Å². The molecule has 0 aromatic heterocycles. The van der Waals surface area contributed by atoms with Gasteiger partial charge >= 0.3 is 5.97 Å². The van der Waals surface area contributed by atoms with Gasteiger partial charge in [0.05, 0.1) is 17.5 Å². The van der Waals surface area contributed by atoms with Gasteiger partial charge in [0, 0.05) is 11.6 Å². The molecule has 1 atom stereocenters. The standard InChI is InChI=1S/C20H20FNO5S/c1-12-4-5-15(10-17(12)21)20(24)27-11-19(23)14-6-7-18-16(9-14)8-13(2)22(18)28(3,25)26/h4-7,9-10,13H,8,11H2,1-3H3/t13-/m0/s1. The second-order valence-electron chi connectivity index (χ2n) is 6.92. The van der Waals surface area contributed by atoms with Crippen LogP contribution >= 0.6 is 0 Å². The zero-order valence-electron chi connectivity index (χ0n) is 15.7. The Labute approximate surface area is 163 Å². The molecule has 0 fully saturated rings. The number of aryl methyl sites for hydroxylation is 1. The van der Waals surface area contributed by atoms with Gasteiger partial charge in [-0.2, -0.15) is 0 Å². The predicted molar refractivity (Wildman–Crippen MR) is 103 cm³/mol. The number of sulfonamides is 1. The van der Waals surface area contributed by atoms with Gasteiger partial charge in [-0.1, -0.05) is 6.07 Å². The highest BCUT2D eigenvalue weighted by atomic mass is 32.2. The number of fused-ring (bicyclic) bond motifs is 1. The summed E-state index contributed by atoms with van der Waals surface area (Å²) in [7, 11) is -3.41. The van der Waals surface area contributed by atoms with Gasteiger partial charge in [0.2, 0.25) is 10.0 Å². The smallest absolute Gasteiger partial charge is 0.338 e. The molecule has 0 amide bonds. The highest BCUT2D eigenvalue weighted by Gasteiger charge is 2.32. The van der Waals surface area contributed by atoms with Crippen molar-refractivity contribution in [2.45, 2.75) is 26.3 Å². The lowest BCUT2D eigenvalue weighted by Gasteiger charge is -2.21. The fourth-order valence-corrected chi connectivity index (χ4v) is 4.56. The monoisotopic (exact) mass is 405 g/mol. The topological polar surface area (TPSA) is 80.8 Å². The summed E-state index contributed by atoms with van der Waals surface area (Å²) in [4.78, 5) is 24.4. The van der Waals surface area contributed by atoms with E-state index in [-0.39, 0.29) is 11.6 Å². The van der Waals surface area contributed by atoms with Crippen LogP contribution in [0.2, 0.25) is 0 Å². The molecule has 0 unspecified atom stereocenters. The number of Topliss-reactive ketones (excluding diaryl/α,β-unsaturated/α-hetero) is 1. The summed E-state index contributed by atoms with van der Waals surface area (Å²) in [5, 5.41) is 0. The van der Waals surface area contributed by atoms with E-state index in [1.54, 1.807) is 26.0 Å². The average molecular weight is 405 g/mol. The largest absolute Gasteiger partial charge is 0.454 e. The summed E-state index contributed by atoms with van der Waals surface area (Å²) in [6, 6.07) is 8.45. The third-order valence-corrected chi connectivity index (χ3v) is 5.92. The SMILES string of the molecule is Cc1ccc(C(=O)OCC(=O)c2ccc3c(c2)C[C@H](C)N3S(C)(=O)=O)cc1F. The maximum Gasteiger partial charge on any atom is 0.338 e. The Bertz CT molecular complexity index is 1060. The van der Waals surface area contributed by atoms with Crippen LogP contribution < -0.4 is 4.31 Å². The van der Waals surface area contributed by atoms with Crippen LogP contribution in [0.1, 0.15) is 38.8 Å². The summed E-state index contributed by atoms with van der Waals surface area (Å²) >= 11 is 0. The first kappa shape index (κ1) is 20.0. The van der Waals surface area contributed by atoms with Gasteiger partial charge in [0.25, 0.3) is 0 Å². The summed E-state index contributed by atoms with van der Waals surface area (Å²) in [6.07, 6.45) is 1.64. The first-order valence-electron chi connectivity index (χ1n) is 8.66. The number of esters is 1. The molecule has 0 aliphatic carbocycles. The number of nitrogens with zero attached hydrogens (tertiary/aromatic N) is 1. The number of anilines is 1. The number of benzene rings is 2. The van der Waals surface area contributed by atoms with Crippen molar-refractivity contribution in [3.05, 3.63) is 64.5 Å². The molecule has 0 bridgehead atoms. The van der Waals surface area contributed by atoms with Crippen LogP contribution in [0.5, 0.6) is 0 Å². The lowest BCUT2D eigenvalue weighted by Crippen LogP contribution is -2.34. The number of halogens is 1. The molecule has 0 saturated heterocycles. The Morgan fingerprint density at radius 2 is 1.86 bits per heavy atom. The van der Waals surface area contributed by atoms with Crippen LogP contribution in [0.3, 0.4) is 0 Å². The molecule has 2 aromatic rings. The highest BCUT2D eigenvalue weighted by molar-refractivity contribution is 7.92. The summed E-state index contributed by atoms with van der Waals surface area (Å²) in [6.45, 7) is 2.89. The number of ketones is 1. The quantitative estimate of drug-likeness (QED) is 0.564. The van der Waals surface area contributed by atoms with Crippen LogP contribution in [0, 0.1) is 12.7 Å². The number of hydrogen-bond acceptors (Lipinski definition) is 5. The first-order chi connectivity index (χ1) is 13.1. The molecule has 8 heteroatoms. The molecule has 1 heterocycles. The number of carbonyl (C=O) groups is 2. The van der Waals surface area contributed by atoms with Crippen LogP contribution in [0.4, 0.5) is 10.1 Å². The minimum Gasteiger partial charge on any atom is -0.454 e. The summed E-state index contributed by atoms with van der Waals surface area (Å²) in [5.74, 6) is -1.73. The number of carbonyl (C=O) groups excluding carboxylic acids is 2. The minimum atomic E-state index is -3.41. The number of rotatable bonds is 5. The van der Waals surface area contributed by atoms with Gasteiger partial charge in [-0.05, 0) is 61.7 Å². The summed E-state index contributed by atoms with van der Waals surface area (Å²) < 4.78 is 43.8. The second-order valence-corrected chi connectivity index (χ2v) is 8.78. The Balaban J connectivity index is 1.71. The van der Waals surface area contributed by atoms with E-state index in [1.807, 2.05) is 0 Å². The molecule has 6 nitrogen and oxygen atoms in total. The lowest BCUT2D eigenvalue weighted by molar-refractivity contribution is 0.0474. The number of ether oxygens (including phenoxy) is 1. The fourth-order valence-electron chi connectivity index (χ4n) is 3.30. The molecular weight excluding hydrogens is 385 g/mol. The molecule has 148 valence electrons. The molecule has 0 saturated carbocycles. The number of hydrogen-bond donors (Lipinski definition) is 0. The van der Waals surface area contributed by atoms with Gasteiger partial charge in [0.1, 0.15) is 5.82 Å². The first-order valence-corrected chi connectivity index (χ1v) is 10.5. The zero-order valence-corrected chi connectivity index (χ0v) is 16.5. The Kier molecular flexibility index (Phi) is 5.25. The van der Waals surface area contributed by atoms with Crippen molar-refractivity contribution < 1.29 is 27.1 Å². The van der Waals surface area contributed by atoms with Crippen LogP contribution in [-0.2, 0) is 21.2 Å². The molecule has 3 rings (SSSR count). The molecular formula is C20H20FNO5S. The van der Waals surface area contributed by atoms with Crippen LogP contribution in [0.15, 0.2) is 36.4 Å². The molecule has 1 aliphatic rings. The highest BCUT2D eigenvalue weighted by Crippen LogP contribution is 2.34. The van der Waals surface area contributed by atoms with Gasteiger partial charge in [-0.3, -0.25) is 9.10 Å². The second kappa shape index (κ2) is 7.35. The third-order valence-electron chi connectivity index (χ3n) is 4.65. The van der Waals surface area contributed by atoms with Crippen molar-refractivity contribution in [1.29, 1.82) is 0 Å². The van der Waals surface area contributed by atoms with Gasteiger partial charge < -0.3 is 4.74 Å². The van der Waals surface area contributed by atoms with E-state index in [0.29, 0.717) is 23.2 Å². The van der Waals surface area contributed by atoms with Crippen molar-refractivity contribution in [1.82, 2.24) is 0 Å². The van der Waals surface area contributed by atoms with E-state index in [1.165, 1.54) is 22.5 Å². The summed E-state index contributed by atoms with van der Waals surface area (Å²) in [5.41, 5.74) is 2.06. The Morgan fingerprint density at radius 3 is 2.50 bits per heavy atom. The van der Waals surface area contributed by atoms with E-state index in [9.17, 15) is 22.4 Å². The zero-order chi connectivity index (χ0) is 20.6. The minimum absolute atomic E-state index is 0.0301. The van der Waals surface area contributed by atoms with Gasteiger partial charge in [-0.25, -0.2) is 17.6 Å². The van der Waals surface area contributed by atoms with Crippen molar-refractivity contribution >= 4 is 27.5 Å². The average Bonchev–Trinajstić information content (AvgIpc) is 2.96. The molecule has 1 aliphatic heterocycles. The lowest BCUT2D eigenvalue weighted by atomic mass is 10.0. The molecule has 0 spiro atoms. The fraction of sp³-hybridized carbons (Fsp3) is 0.300. The Hall–Kier alpha value is -2.74. The van der Waals surface area contributed by atoms with Crippen molar-refractivity contribution in [2.75, 3.05) is 17.2 Å². The van der Waals surface area contributed by atoms with Crippen molar-refractivity contribution in [3.8, 4) is 0 Å². The van der Waals surface area contributed by atoms with E-state index >= 15 is 0 Å². The third kappa shape index (κ3) is 3.91. The van der Waals surface area contributed by atoms with Crippen molar-refractivity contribution in [3.63, 3.8) is 0 Å². The predicted octanol–water partition coefficient (Wildman–Crippen LogP) is 2.88. The maximum absolute atomic E-state index is 13.6. The molecule has 0 N–H and O–H groups in total. The molecule has 28 heavy (non-hydrogen) atoms. The van der Waals surface area contributed by atoms with Gasteiger partial charge in [0.15, 0.2) is 12.4 Å². The van der Waals surface area contributed by atoms with E-state index < -0.39 is 34.2 Å². The van der Waals surface area contributed by atoms with Gasteiger partial charge in [-0.15, -0.1) is 0 Å². The van der Waals surface area contributed by atoms with Crippen LogP contribution in [0.25, 0.3) is 0 Å².